The predicted molar refractivity (Wildman–Crippen MR) is 110 cm³/mol. The van der Waals surface area contributed by atoms with E-state index >= 15 is 0 Å². The Hall–Kier alpha value is -3.75. The molecule has 7 nitrogen and oxygen atoms in total. The molecule has 1 aliphatic carbocycles. The number of H-pyrrole nitrogens is 1. The Labute approximate surface area is 180 Å². The topological polar surface area (TPSA) is 93.6 Å². The van der Waals surface area contributed by atoms with E-state index in [0.29, 0.717) is 29.6 Å². The first-order chi connectivity index (χ1) is 15.5. The van der Waals surface area contributed by atoms with Crippen molar-refractivity contribution in [3.8, 4) is 11.4 Å². The zero-order chi connectivity index (χ0) is 21.9. The van der Waals surface area contributed by atoms with Crippen molar-refractivity contribution in [1.29, 1.82) is 0 Å². The van der Waals surface area contributed by atoms with E-state index in [1.807, 2.05) is 0 Å². The number of carbonyl (C=O) groups excluding carboxylic acids is 1. The van der Waals surface area contributed by atoms with Crippen LogP contribution in [-0.4, -0.2) is 30.9 Å². The number of aromatic nitrogens is 5. The molecule has 1 aliphatic heterocycles. The summed E-state index contributed by atoms with van der Waals surface area (Å²) in [5.41, 5.74) is 1.85. The number of carbonyl (C=O) groups is 1. The molecular formula is C23H17F2N5O2. The molecule has 32 heavy (non-hydrogen) atoms. The molecule has 4 aromatic rings. The largest absolute Gasteiger partial charge is 0.450 e. The molecule has 6 rings (SSSR count). The molecule has 1 spiro atoms. The number of hydrogen-bond acceptors (Lipinski definition) is 6. The van der Waals surface area contributed by atoms with E-state index in [1.165, 1.54) is 6.20 Å². The Balaban J connectivity index is 1.27. The highest BCUT2D eigenvalue weighted by molar-refractivity contribution is 5.94. The average molecular weight is 433 g/mol. The number of ether oxygens (including phenoxy) is 1. The number of halogens is 2. The van der Waals surface area contributed by atoms with Crippen molar-refractivity contribution in [2.45, 2.75) is 37.2 Å². The molecule has 0 bridgehead atoms. The summed E-state index contributed by atoms with van der Waals surface area (Å²) in [6.45, 7) is 0. The van der Waals surface area contributed by atoms with Crippen LogP contribution >= 0.6 is 0 Å². The van der Waals surface area contributed by atoms with Gasteiger partial charge in [0.2, 0.25) is 0 Å². The Kier molecular flexibility index (Phi) is 4.08. The Morgan fingerprint density at radius 3 is 2.75 bits per heavy atom. The molecule has 1 aromatic carbocycles. The van der Waals surface area contributed by atoms with Gasteiger partial charge in [0.25, 0.3) is 0 Å². The monoisotopic (exact) mass is 433 g/mol. The van der Waals surface area contributed by atoms with E-state index in [9.17, 15) is 13.6 Å². The zero-order valence-corrected chi connectivity index (χ0v) is 16.8. The molecule has 2 aliphatic rings. The number of aromatic amines is 1. The summed E-state index contributed by atoms with van der Waals surface area (Å²) in [4.78, 5) is 32.8. The molecule has 4 heterocycles. The fraction of sp³-hybridized carbons (Fsp3) is 0.261. The van der Waals surface area contributed by atoms with E-state index in [0.717, 1.165) is 42.4 Å². The van der Waals surface area contributed by atoms with Crippen LogP contribution in [0.4, 0.5) is 8.78 Å². The van der Waals surface area contributed by atoms with E-state index in [2.05, 4.69) is 24.9 Å². The summed E-state index contributed by atoms with van der Waals surface area (Å²) in [5, 5.41) is 0. The van der Waals surface area contributed by atoms with Crippen molar-refractivity contribution >= 4 is 17.1 Å². The molecule has 0 atom stereocenters. The maximum atomic E-state index is 14.1. The van der Waals surface area contributed by atoms with Gasteiger partial charge in [-0.1, -0.05) is 0 Å². The third-order valence-corrected chi connectivity index (χ3v) is 6.43. The quantitative estimate of drug-likeness (QED) is 0.471. The van der Waals surface area contributed by atoms with Crippen molar-refractivity contribution in [1.82, 2.24) is 24.9 Å². The number of nitrogens with zero attached hydrogens (tertiary/aromatic N) is 4. The van der Waals surface area contributed by atoms with Gasteiger partial charge in [-0.2, -0.15) is 0 Å². The highest BCUT2D eigenvalue weighted by atomic mass is 19.1. The first-order valence-electron chi connectivity index (χ1n) is 10.4. The smallest absolute Gasteiger partial charge is 0.339 e. The lowest BCUT2D eigenvalue weighted by atomic mass is 9.75. The van der Waals surface area contributed by atoms with Crippen LogP contribution in [0.15, 0.2) is 42.9 Å². The predicted octanol–water partition coefficient (Wildman–Crippen LogP) is 4.42. The first-order valence-corrected chi connectivity index (χ1v) is 10.4. The second-order valence-electron chi connectivity index (χ2n) is 8.26. The van der Waals surface area contributed by atoms with Gasteiger partial charge < -0.3 is 9.72 Å². The van der Waals surface area contributed by atoms with Gasteiger partial charge in [-0.05, 0) is 49.9 Å². The number of pyridine rings is 1. The molecule has 1 saturated carbocycles. The third-order valence-electron chi connectivity index (χ3n) is 6.43. The Morgan fingerprint density at radius 1 is 1.06 bits per heavy atom. The Bertz CT molecular complexity index is 1380. The minimum atomic E-state index is -0.620. The lowest BCUT2D eigenvalue weighted by Crippen LogP contribution is -2.31. The van der Waals surface area contributed by atoms with Crippen LogP contribution in [0, 0.1) is 11.6 Å². The van der Waals surface area contributed by atoms with Crippen molar-refractivity contribution in [3.05, 3.63) is 71.4 Å². The van der Waals surface area contributed by atoms with E-state index in [1.54, 1.807) is 18.5 Å². The summed E-state index contributed by atoms with van der Waals surface area (Å²) < 4.78 is 33.5. The van der Waals surface area contributed by atoms with Crippen molar-refractivity contribution < 1.29 is 18.3 Å². The van der Waals surface area contributed by atoms with Crippen molar-refractivity contribution in [2.75, 3.05) is 0 Å². The number of rotatable bonds is 2. The highest BCUT2D eigenvalue weighted by Crippen LogP contribution is 2.49. The fourth-order valence-corrected chi connectivity index (χ4v) is 4.77. The number of esters is 1. The van der Waals surface area contributed by atoms with Crippen LogP contribution in [0.5, 0.6) is 0 Å². The fourth-order valence-electron chi connectivity index (χ4n) is 4.77. The number of fused-ring (bicyclic) bond motifs is 3. The number of benzene rings is 1. The highest BCUT2D eigenvalue weighted by Gasteiger charge is 2.48. The van der Waals surface area contributed by atoms with Gasteiger partial charge in [0.05, 0.1) is 17.3 Å². The van der Waals surface area contributed by atoms with E-state index in [-0.39, 0.29) is 23.3 Å². The maximum Gasteiger partial charge on any atom is 0.339 e. The summed E-state index contributed by atoms with van der Waals surface area (Å²) in [5.74, 6) is -0.484. The molecule has 0 amide bonds. The van der Waals surface area contributed by atoms with Crippen molar-refractivity contribution in [3.63, 3.8) is 0 Å². The normalized spacial score (nSPS) is 22.3. The van der Waals surface area contributed by atoms with Crippen LogP contribution < -0.4 is 0 Å². The van der Waals surface area contributed by atoms with Crippen LogP contribution in [0.1, 0.15) is 53.3 Å². The van der Waals surface area contributed by atoms with Gasteiger partial charge in [-0.15, -0.1) is 0 Å². The minimum Gasteiger partial charge on any atom is -0.450 e. The van der Waals surface area contributed by atoms with Gasteiger partial charge in [0.15, 0.2) is 11.5 Å². The molecule has 0 radical (unpaired) electrons. The molecule has 160 valence electrons. The summed E-state index contributed by atoms with van der Waals surface area (Å²) in [6.07, 6.45) is 7.73. The van der Waals surface area contributed by atoms with Gasteiger partial charge in [0.1, 0.15) is 28.6 Å². The van der Waals surface area contributed by atoms with Gasteiger partial charge >= 0.3 is 5.97 Å². The summed E-state index contributed by atoms with van der Waals surface area (Å²) >= 11 is 0. The van der Waals surface area contributed by atoms with Gasteiger partial charge in [-0.25, -0.2) is 28.5 Å². The van der Waals surface area contributed by atoms with E-state index in [4.69, 9.17) is 4.74 Å². The third kappa shape index (κ3) is 2.88. The number of imidazole rings is 1. The first kappa shape index (κ1) is 19.0. The molecule has 0 saturated heterocycles. The minimum absolute atomic E-state index is 0.00798. The lowest BCUT2D eigenvalue weighted by Gasteiger charge is -2.35. The van der Waals surface area contributed by atoms with Crippen molar-refractivity contribution in [2.24, 2.45) is 0 Å². The van der Waals surface area contributed by atoms with E-state index < -0.39 is 17.2 Å². The van der Waals surface area contributed by atoms with Crippen LogP contribution in [0.3, 0.4) is 0 Å². The van der Waals surface area contributed by atoms with Crippen LogP contribution in [0.2, 0.25) is 0 Å². The summed E-state index contributed by atoms with van der Waals surface area (Å²) in [6, 6.07) is 4.88. The summed E-state index contributed by atoms with van der Waals surface area (Å²) in [7, 11) is 0. The molecule has 0 unspecified atom stereocenters. The van der Waals surface area contributed by atoms with Crippen LogP contribution in [0.25, 0.3) is 22.6 Å². The number of nitrogens with one attached hydrogen (secondary N) is 1. The molecule has 1 fully saturated rings. The van der Waals surface area contributed by atoms with Crippen LogP contribution in [-0.2, 0) is 10.3 Å². The van der Waals surface area contributed by atoms with Gasteiger partial charge in [-0.3, -0.25) is 4.98 Å². The standard InChI is InChI=1S/C23H17F2N5O2/c24-13-1-2-17(25)15(9-13)20-27-11-18-21(30-20)29-19(28-18)12-3-6-23(7-4-12)16-10-26-8-5-14(16)22(31)32-23/h1-2,5,8-12H,3-4,6-7H2,(H,27,28,29,30). The average Bonchev–Trinajstić information content (AvgIpc) is 3.35. The second kappa shape index (κ2) is 6.88. The Morgan fingerprint density at radius 2 is 1.91 bits per heavy atom. The van der Waals surface area contributed by atoms with Gasteiger partial charge in [0, 0.05) is 23.9 Å². The molecule has 3 aromatic heterocycles. The molecule has 1 N–H and O–H groups in total. The molecule has 9 heteroatoms. The SMILES string of the molecule is O=C1OC2(CCC(c3nc4nc(-c5cc(F)ccc5F)ncc4[nH]3)CC2)c2cnccc21. The lowest BCUT2D eigenvalue weighted by molar-refractivity contribution is -0.0313. The zero-order valence-electron chi connectivity index (χ0n) is 16.8. The maximum absolute atomic E-state index is 14.1. The molecular weight excluding hydrogens is 416 g/mol. The second-order valence-corrected chi connectivity index (χ2v) is 8.26. The number of hydrogen-bond donors (Lipinski definition) is 1.